The van der Waals surface area contributed by atoms with Crippen molar-refractivity contribution < 1.29 is 18.3 Å². The third-order valence-corrected chi connectivity index (χ3v) is 5.58. The highest BCUT2D eigenvalue weighted by atomic mass is 32.2. The van der Waals surface area contributed by atoms with Gasteiger partial charge in [-0.15, -0.1) is 0 Å². The zero-order valence-corrected chi connectivity index (χ0v) is 13.2. The van der Waals surface area contributed by atoms with Gasteiger partial charge in [0, 0.05) is 13.1 Å². The van der Waals surface area contributed by atoms with Crippen LogP contribution in [0.5, 0.6) is 0 Å². The molecule has 1 fully saturated rings. The molecule has 1 saturated heterocycles. The number of aliphatic hydroxyl groups is 1. The number of hydrogen-bond acceptors (Lipinski definition) is 5. The van der Waals surface area contributed by atoms with Gasteiger partial charge in [-0.3, -0.25) is 0 Å². The number of ether oxygens (including phenoxy) is 1. The highest BCUT2D eigenvalue weighted by Crippen LogP contribution is 2.28. The average molecular weight is 313 g/mol. The first kappa shape index (κ1) is 16.3. The summed E-state index contributed by atoms with van der Waals surface area (Å²) in [4.78, 5) is 2.53. The van der Waals surface area contributed by atoms with Crippen molar-refractivity contribution in [2.24, 2.45) is 0 Å². The van der Waals surface area contributed by atoms with Crippen LogP contribution >= 0.6 is 0 Å². The molecule has 0 saturated carbocycles. The van der Waals surface area contributed by atoms with E-state index in [2.05, 4.69) is 4.90 Å². The van der Waals surface area contributed by atoms with Crippen molar-refractivity contribution in [2.75, 3.05) is 37.0 Å². The first-order valence-corrected chi connectivity index (χ1v) is 9.03. The number of nitrogens with zero attached hydrogens (tertiary/aromatic N) is 1. The molecule has 0 amide bonds. The molecule has 21 heavy (non-hydrogen) atoms. The van der Waals surface area contributed by atoms with Crippen LogP contribution in [0.3, 0.4) is 0 Å². The van der Waals surface area contributed by atoms with Crippen molar-refractivity contribution in [1.29, 1.82) is 0 Å². The molecule has 0 bridgehead atoms. The van der Waals surface area contributed by atoms with E-state index in [1.54, 1.807) is 19.1 Å². The Balaban J connectivity index is 2.11. The topological polar surface area (TPSA) is 66.8 Å². The van der Waals surface area contributed by atoms with Crippen LogP contribution in [0, 0.1) is 0 Å². The number of anilines is 1. The van der Waals surface area contributed by atoms with E-state index in [9.17, 15) is 8.42 Å². The standard InChI is InChI=1S/C15H23NO4S/c1-2-21(18,19)15-6-4-3-5-14(15)16-9-7-13(8-10-16)20-12-11-17/h3-6,13,17H,2,7-12H2,1H3. The number of aliphatic hydroxyl groups excluding tert-OH is 1. The summed E-state index contributed by atoms with van der Waals surface area (Å²) in [6, 6.07) is 7.20. The quantitative estimate of drug-likeness (QED) is 0.861. The van der Waals surface area contributed by atoms with E-state index in [1.807, 2.05) is 12.1 Å². The molecule has 0 atom stereocenters. The van der Waals surface area contributed by atoms with E-state index in [1.165, 1.54) is 0 Å². The van der Waals surface area contributed by atoms with Crippen molar-refractivity contribution in [3.8, 4) is 0 Å². The van der Waals surface area contributed by atoms with Gasteiger partial charge < -0.3 is 14.7 Å². The monoisotopic (exact) mass is 313 g/mol. The maximum absolute atomic E-state index is 12.2. The molecule has 1 aromatic rings. The number of rotatable bonds is 6. The molecule has 118 valence electrons. The second-order valence-corrected chi connectivity index (χ2v) is 7.40. The smallest absolute Gasteiger partial charge is 0.180 e. The molecule has 1 heterocycles. The van der Waals surface area contributed by atoms with Gasteiger partial charge in [-0.05, 0) is 25.0 Å². The number of para-hydroxylation sites is 1. The fraction of sp³-hybridized carbons (Fsp3) is 0.600. The second-order valence-electron chi connectivity index (χ2n) is 5.15. The average Bonchev–Trinajstić information content (AvgIpc) is 2.53. The fourth-order valence-electron chi connectivity index (χ4n) is 2.62. The Morgan fingerprint density at radius 1 is 1.29 bits per heavy atom. The maximum Gasteiger partial charge on any atom is 0.180 e. The third-order valence-electron chi connectivity index (χ3n) is 3.81. The van der Waals surface area contributed by atoms with Gasteiger partial charge in [-0.2, -0.15) is 0 Å². The Hall–Kier alpha value is -1.11. The maximum atomic E-state index is 12.2. The van der Waals surface area contributed by atoms with Crippen LogP contribution in [-0.4, -0.2) is 51.7 Å². The Bertz CT molecular complexity index is 551. The van der Waals surface area contributed by atoms with Crippen LogP contribution in [0.4, 0.5) is 5.69 Å². The lowest BCUT2D eigenvalue weighted by atomic mass is 10.1. The van der Waals surface area contributed by atoms with E-state index in [0.29, 0.717) is 11.5 Å². The molecule has 0 aromatic heterocycles. The van der Waals surface area contributed by atoms with Crippen LogP contribution in [0.2, 0.25) is 0 Å². The summed E-state index contributed by atoms with van der Waals surface area (Å²) in [6.07, 6.45) is 1.85. The van der Waals surface area contributed by atoms with Crippen molar-refractivity contribution in [3.63, 3.8) is 0 Å². The molecule has 5 nitrogen and oxygen atoms in total. The largest absolute Gasteiger partial charge is 0.394 e. The van der Waals surface area contributed by atoms with Crippen LogP contribution in [0.1, 0.15) is 19.8 Å². The Kier molecular flexibility index (Phi) is 5.61. The molecule has 1 aromatic carbocycles. The van der Waals surface area contributed by atoms with Gasteiger partial charge >= 0.3 is 0 Å². The third kappa shape index (κ3) is 3.96. The summed E-state index contributed by atoms with van der Waals surface area (Å²) in [6.45, 7) is 3.61. The summed E-state index contributed by atoms with van der Waals surface area (Å²) >= 11 is 0. The van der Waals surface area contributed by atoms with Gasteiger partial charge in [0.1, 0.15) is 0 Å². The lowest BCUT2D eigenvalue weighted by Gasteiger charge is -2.34. The van der Waals surface area contributed by atoms with Crippen LogP contribution in [0.15, 0.2) is 29.2 Å². The number of hydrogen-bond donors (Lipinski definition) is 1. The number of sulfone groups is 1. The summed E-state index contributed by atoms with van der Waals surface area (Å²) < 4.78 is 29.9. The van der Waals surface area contributed by atoms with Gasteiger partial charge in [0.2, 0.25) is 0 Å². The Morgan fingerprint density at radius 3 is 2.57 bits per heavy atom. The molecular formula is C15H23NO4S. The molecule has 6 heteroatoms. The summed E-state index contributed by atoms with van der Waals surface area (Å²) in [5.74, 6) is 0.111. The SMILES string of the molecule is CCS(=O)(=O)c1ccccc1N1CCC(OCCO)CC1. The van der Waals surface area contributed by atoms with Crippen molar-refractivity contribution in [1.82, 2.24) is 0 Å². The van der Waals surface area contributed by atoms with Crippen LogP contribution in [0.25, 0.3) is 0 Å². The molecule has 1 aliphatic rings. The lowest BCUT2D eigenvalue weighted by molar-refractivity contribution is 0.0158. The second kappa shape index (κ2) is 7.24. The minimum atomic E-state index is -3.21. The minimum absolute atomic E-state index is 0.0395. The molecule has 0 unspecified atom stereocenters. The zero-order chi connectivity index (χ0) is 15.3. The molecule has 0 spiro atoms. The lowest BCUT2D eigenvalue weighted by Crippen LogP contribution is -2.38. The molecule has 1 N–H and O–H groups in total. The first-order chi connectivity index (χ1) is 10.1. The van der Waals surface area contributed by atoms with E-state index in [4.69, 9.17) is 9.84 Å². The number of benzene rings is 1. The molecule has 1 aliphatic heterocycles. The molecule has 0 aliphatic carbocycles. The van der Waals surface area contributed by atoms with Crippen molar-refractivity contribution >= 4 is 15.5 Å². The van der Waals surface area contributed by atoms with E-state index >= 15 is 0 Å². The van der Waals surface area contributed by atoms with Gasteiger partial charge in [0.25, 0.3) is 0 Å². The van der Waals surface area contributed by atoms with Gasteiger partial charge in [0.15, 0.2) is 9.84 Å². The van der Waals surface area contributed by atoms with E-state index < -0.39 is 9.84 Å². The van der Waals surface area contributed by atoms with E-state index in [-0.39, 0.29) is 18.5 Å². The van der Waals surface area contributed by atoms with Crippen LogP contribution < -0.4 is 4.90 Å². The highest BCUT2D eigenvalue weighted by Gasteiger charge is 2.24. The van der Waals surface area contributed by atoms with Gasteiger partial charge in [-0.25, -0.2) is 8.42 Å². The molecular weight excluding hydrogens is 290 g/mol. The van der Waals surface area contributed by atoms with Crippen LogP contribution in [-0.2, 0) is 14.6 Å². The predicted octanol–water partition coefficient (Wildman–Crippen LogP) is 1.46. The van der Waals surface area contributed by atoms with E-state index in [0.717, 1.165) is 31.6 Å². The van der Waals surface area contributed by atoms with Crippen molar-refractivity contribution in [2.45, 2.75) is 30.8 Å². The summed E-state index contributed by atoms with van der Waals surface area (Å²) in [7, 11) is -3.21. The normalized spacial score (nSPS) is 17.1. The highest BCUT2D eigenvalue weighted by molar-refractivity contribution is 7.91. The first-order valence-electron chi connectivity index (χ1n) is 7.37. The van der Waals surface area contributed by atoms with Crippen molar-refractivity contribution in [3.05, 3.63) is 24.3 Å². The minimum Gasteiger partial charge on any atom is -0.394 e. The Labute approximate surface area is 126 Å². The summed E-state index contributed by atoms with van der Waals surface area (Å²) in [5.41, 5.74) is 0.792. The summed E-state index contributed by atoms with van der Waals surface area (Å²) in [5, 5.41) is 8.78. The Morgan fingerprint density at radius 2 is 1.95 bits per heavy atom. The molecule has 0 radical (unpaired) electrons. The van der Waals surface area contributed by atoms with Gasteiger partial charge in [-0.1, -0.05) is 19.1 Å². The molecule has 2 rings (SSSR count). The zero-order valence-electron chi connectivity index (χ0n) is 12.4. The predicted molar refractivity (Wildman–Crippen MR) is 82.4 cm³/mol. The fourth-order valence-corrected chi connectivity index (χ4v) is 3.73. The van der Waals surface area contributed by atoms with Gasteiger partial charge in [0.05, 0.1) is 35.7 Å². The number of piperidine rings is 1.